The van der Waals surface area contributed by atoms with Crippen LogP contribution < -0.4 is 0 Å². The van der Waals surface area contributed by atoms with Crippen molar-refractivity contribution in [2.75, 3.05) is 6.61 Å². The third kappa shape index (κ3) is 2.23. The molecule has 0 spiro atoms. The quantitative estimate of drug-likeness (QED) is 0.698. The summed E-state index contributed by atoms with van der Waals surface area (Å²) in [7, 11) is 0. The lowest BCUT2D eigenvalue weighted by molar-refractivity contribution is -0.00362. The molecule has 3 atom stereocenters. The topological polar surface area (TPSA) is 40.5 Å². The zero-order valence-electron chi connectivity index (χ0n) is 8.15. The van der Waals surface area contributed by atoms with Gasteiger partial charge in [-0.25, -0.2) is 0 Å². The normalized spacial score (nSPS) is 40.6. The minimum atomic E-state index is -0.234. The Hall–Kier alpha value is -0.0800. The summed E-state index contributed by atoms with van der Waals surface area (Å²) in [6, 6.07) is 0. The summed E-state index contributed by atoms with van der Waals surface area (Å²) in [6.07, 6.45) is 7.04. The van der Waals surface area contributed by atoms with Crippen LogP contribution in [-0.4, -0.2) is 22.9 Å². The standard InChI is InChI=1S/C11H20O2/c12-7-10-9(6-8-4-5-8)2-1-3-11(10)13/h8-13H,1-7H2. The van der Waals surface area contributed by atoms with Gasteiger partial charge in [0.05, 0.1) is 6.10 Å². The van der Waals surface area contributed by atoms with Crippen molar-refractivity contribution in [2.45, 2.75) is 44.6 Å². The van der Waals surface area contributed by atoms with Gasteiger partial charge in [0.1, 0.15) is 0 Å². The van der Waals surface area contributed by atoms with Gasteiger partial charge in [-0.15, -0.1) is 0 Å². The molecule has 0 heterocycles. The fourth-order valence-electron chi connectivity index (χ4n) is 2.68. The van der Waals surface area contributed by atoms with Gasteiger partial charge in [-0.3, -0.25) is 0 Å². The number of rotatable bonds is 3. The second-order valence-electron chi connectivity index (χ2n) is 4.78. The van der Waals surface area contributed by atoms with Crippen molar-refractivity contribution in [2.24, 2.45) is 17.8 Å². The summed E-state index contributed by atoms with van der Waals surface area (Å²) >= 11 is 0. The Morgan fingerprint density at radius 2 is 1.85 bits per heavy atom. The third-order valence-electron chi connectivity index (χ3n) is 3.72. The highest BCUT2D eigenvalue weighted by atomic mass is 16.3. The predicted molar refractivity (Wildman–Crippen MR) is 51.3 cm³/mol. The van der Waals surface area contributed by atoms with E-state index in [1.807, 2.05) is 0 Å². The van der Waals surface area contributed by atoms with Crippen LogP contribution in [0.5, 0.6) is 0 Å². The van der Waals surface area contributed by atoms with Gasteiger partial charge in [0.25, 0.3) is 0 Å². The maximum atomic E-state index is 9.71. The largest absolute Gasteiger partial charge is 0.396 e. The molecule has 3 unspecified atom stereocenters. The van der Waals surface area contributed by atoms with Crippen LogP contribution in [-0.2, 0) is 0 Å². The molecule has 2 fully saturated rings. The highest BCUT2D eigenvalue weighted by Gasteiger charge is 2.35. The Morgan fingerprint density at radius 1 is 1.08 bits per heavy atom. The van der Waals surface area contributed by atoms with Crippen LogP contribution in [0.4, 0.5) is 0 Å². The van der Waals surface area contributed by atoms with Crippen LogP contribution >= 0.6 is 0 Å². The fraction of sp³-hybridized carbons (Fsp3) is 1.00. The molecule has 2 saturated carbocycles. The van der Waals surface area contributed by atoms with Crippen LogP contribution in [0.2, 0.25) is 0 Å². The summed E-state index contributed by atoms with van der Waals surface area (Å²) in [5.41, 5.74) is 0. The maximum absolute atomic E-state index is 9.71. The first kappa shape index (κ1) is 9.47. The second-order valence-corrected chi connectivity index (χ2v) is 4.78. The van der Waals surface area contributed by atoms with Gasteiger partial charge in [-0.1, -0.05) is 19.3 Å². The van der Waals surface area contributed by atoms with Crippen molar-refractivity contribution in [3.05, 3.63) is 0 Å². The molecule has 0 saturated heterocycles. The molecule has 2 nitrogen and oxygen atoms in total. The lowest BCUT2D eigenvalue weighted by Gasteiger charge is -2.34. The van der Waals surface area contributed by atoms with Crippen LogP contribution in [0, 0.1) is 17.8 Å². The second kappa shape index (κ2) is 3.97. The summed E-state index contributed by atoms with van der Waals surface area (Å²) in [5.74, 6) is 1.69. The van der Waals surface area contributed by atoms with E-state index in [1.165, 1.54) is 25.7 Å². The molecule has 2 heteroatoms. The van der Waals surface area contributed by atoms with Crippen LogP contribution in [0.3, 0.4) is 0 Å². The van der Waals surface area contributed by atoms with Crippen LogP contribution in [0.1, 0.15) is 38.5 Å². The van der Waals surface area contributed by atoms with Gasteiger partial charge in [0.2, 0.25) is 0 Å². The first-order valence-corrected chi connectivity index (χ1v) is 5.60. The molecule has 2 rings (SSSR count). The Balaban J connectivity index is 1.88. The van der Waals surface area contributed by atoms with Crippen molar-refractivity contribution < 1.29 is 10.2 Å². The SMILES string of the molecule is OCC1C(O)CCCC1CC1CC1. The number of aliphatic hydroxyl groups is 2. The first-order valence-electron chi connectivity index (χ1n) is 5.60. The minimum absolute atomic E-state index is 0.175. The van der Waals surface area contributed by atoms with E-state index in [-0.39, 0.29) is 18.6 Å². The van der Waals surface area contributed by atoms with Crippen LogP contribution in [0.15, 0.2) is 0 Å². The van der Waals surface area contributed by atoms with Gasteiger partial charge < -0.3 is 10.2 Å². The van der Waals surface area contributed by atoms with E-state index in [0.29, 0.717) is 5.92 Å². The number of hydrogen-bond donors (Lipinski definition) is 2. The first-order chi connectivity index (χ1) is 6.31. The molecule has 0 aromatic rings. The summed E-state index contributed by atoms with van der Waals surface area (Å²) < 4.78 is 0. The molecule has 2 aliphatic rings. The minimum Gasteiger partial charge on any atom is -0.396 e. The molecule has 0 aromatic carbocycles. The van der Waals surface area contributed by atoms with E-state index in [9.17, 15) is 10.2 Å². The predicted octanol–water partition coefficient (Wildman–Crippen LogP) is 1.56. The van der Waals surface area contributed by atoms with Gasteiger partial charge in [0.15, 0.2) is 0 Å². The maximum Gasteiger partial charge on any atom is 0.0593 e. The lowest BCUT2D eigenvalue weighted by atomic mass is 9.75. The van der Waals surface area contributed by atoms with Crippen molar-refractivity contribution in [3.63, 3.8) is 0 Å². The van der Waals surface area contributed by atoms with E-state index in [2.05, 4.69) is 0 Å². The van der Waals surface area contributed by atoms with E-state index in [1.54, 1.807) is 0 Å². The smallest absolute Gasteiger partial charge is 0.0593 e. The lowest BCUT2D eigenvalue weighted by Crippen LogP contribution is -2.35. The van der Waals surface area contributed by atoms with E-state index in [4.69, 9.17) is 0 Å². The summed E-state index contributed by atoms with van der Waals surface area (Å²) in [4.78, 5) is 0. The molecule has 0 aliphatic heterocycles. The average Bonchev–Trinajstić information content (AvgIpc) is 2.89. The monoisotopic (exact) mass is 184 g/mol. The molecule has 0 radical (unpaired) electrons. The van der Waals surface area contributed by atoms with Crippen LogP contribution in [0.25, 0.3) is 0 Å². The Kier molecular flexibility index (Phi) is 2.89. The number of aliphatic hydroxyl groups excluding tert-OH is 2. The molecule has 2 N–H and O–H groups in total. The molecule has 2 aliphatic carbocycles. The van der Waals surface area contributed by atoms with Crippen molar-refractivity contribution in [1.82, 2.24) is 0 Å². The zero-order chi connectivity index (χ0) is 9.26. The summed E-state index contributed by atoms with van der Waals surface area (Å²) in [5, 5.41) is 18.9. The Labute approximate surface area is 80.0 Å². The molecule has 13 heavy (non-hydrogen) atoms. The van der Waals surface area contributed by atoms with E-state index in [0.717, 1.165) is 18.8 Å². The Morgan fingerprint density at radius 3 is 2.46 bits per heavy atom. The van der Waals surface area contributed by atoms with Gasteiger partial charge in [0, 0.05) is 12.5 Å². The van der Waals surface area contributed by atoms with E-state index < -0.39 is 0 Å². The van der Waals surface area contributed by atoms with Gasteiger partial charge in [-0.05, 0) is 31.1 Å². The Bertz CT molecular complexity index is 165. The van der Waals surface area contributed by atoms with Crippen molar-refractivity contribution in [1.29, 1.82) is 0 Å². The molecule has 0 amide bonds. The molecule has 0 bridgehead atoms. The van der Waals surface area contributed by atoms with Crippen molar-refractivity contribution >= 4 is 0 Å². The van der Waals surface area contributed by atoms with Crippen molar-refractivity contribution in [3.8, 4) is 0 Å². The highest BCUT2D eigenvalue weighted by molar-refractivity contribution is 4.86. The number of hydrogen-bond acceptors (Lipinski definition) is 2. The zero-order valence-corrected chi connectivity index (χ0v) is 8.15. The molecular weight excluding hydrogens is 164 g/mol. The average molecular weight is 184 g/mol. The highest BCUT2D eigenvalue weighted by Crippen LogP contribution is 2.42. The third-order valence-corrected chi connectivity index (χ3v) is 3.72. The molecule has 76 valence electrons. The van der Waals surface area contributed by atoms with Gasteiger partial charge in [-0.2, -0.15) is 0 Å². The molecule has 0 aromatic heterocycles. The summed E-state index contributed by atoms with van der Waals surface area (Å²) in [6.45, 7) is 0.179. The molecular formula is C11H20O2. The van der Waals surface area contributed by atoms with Gasteiger partial charge >= 0.3 is 0 Å². The van der Waals surface area contributed by atoms with E-state index >= 15 is 0 Å². The fourth-order valence-corrected chi connectivity index (χ4v) is 2.68.